The Labute approximate surface area is 134 Å². The molecule has 0 aromatic carbocycles. The zero-order valence-electron chi connectivity index (χ0n) is 10.7. The van der Waals surface area contributed by atoms with Crippen molar-refractivity contribution in [2.45, 2.75) is 0 Å². The first-order chi connectivity index (χ1) is 9.74. The quantitative estimate of drug-likeness (QED) is 0.725. The van der Waals surface area contributed by atoms with Crippen LogP contribution in [0.15, 0.2) is 29.9 Å². The van der Waals surface area contributed by atoms with Crippen molar-refractivity contribution in [3.05, 3.63) is 38.4 Å². The molecule has 0 unspecified atom stereocenters. The van der Waals surface area contributed by atoms with Gasteiger partial charge in [0.25, 0.3) is 5.91 Å². The minimum Gasteiger partial charge on any atom is -0.337 e. The molecule has 5 nitrogen and oxygen atoms in total. The van der Waals surface area contributed by atoms with Crippen molar-refractivity contribution in [3.63, 3.8) is 0 Å². The van der Waals surface area contributed by atoms with E-state index in [1.807, 2.05) is 22.4 Å². The van der Waals surface area contributed by atoms with Crippen LogP contribution in [-0.2, 0) is 0 Å². The first kappa shape index (κ1) is 13.7. The van der Waals surface area contributed by atoms with Crippen LogP contribution in [0.4, 0.5) is 5.95 Å². The van der Waals surface area contributed by atoms with Gasteiger partial charge in [-0.25, -0.2) is 9.97 Å². The van der Waals surface area contributed by atoms with E-state index >= 15 is 0 Å². The fourth-order valence-corrected chi connectivity index (χ4v) is 3.49. The largest absolute Gasteiger partial charge is 0.337 e. The number of aromatic nitrogens is 2. The molecular formula is C13H13IN4OS. The molecule has 0 radical (unpaired) electrons. The summed E-state index contributed by atoms with van der Waals surface area (Å²) in [5, 5.41) is 1.93. The molecule has 0 bridgehead atoms. The monoisotopic (exact) mass is 400 g/mol. The molecule has 0 atom stereocenters. The molecule has 3 heterocycles. The number of amides is 1. The first-order valence-corrected chi connectivity index (χ1v) is 8.25. The van der Waals surface area contributed by atoms with Crippen molar-refractivity contribution < 1.29 is 4.79 Å². The number of hydrogen-bond acceptors (Lipinski definition) is 5. The van der Waals surface area contributed by atoms with Gasteiger partial charge in [-0.15, -0.1) is 11.3 Å². The summed E-state index contributed by atoms with van der Waals surface area (Å²) < 4.78 is 1.14. The molecule has 0 aliphatic carbocycles. The standard InChI is InChI=1S/C13H13IN4OS/c14-11-8-10(9-20-11)12(19)17-4-6-18(7-5-17)13-15-2-1-3-16-13/h1-3,8-9H,4-7H2. The number of anilines is 1. The van der Waals surface area contributed by atoms with Crippen molar-refractivity contribution in [2.24, 2.45) is 0 Å². The van der Waals surface area contributed by atoms with Crippen LogP contribution < -0.4 is 4.90 Å². The summed E-state index contributed by atoms with van der Waals surface area (Å²) in [5.74, 6) is 0.863. The van der Waals surface area contributed by atoms with E-state index in [4.69, 9.17) is 0 Å². The van der Waals surface area contributed by atoms with Gasteiger partial charge in [-0.1, -0.05) is 0 Å². The van der Waals surface area contributed by atoms with Crippen molar-refractivity contribution in [1.29, 1.82) is 0 Å². The van der Waals surface area contributed by atoms with Gasteiger partial charge < -0.3 is 9.80 Å². The molecule has 1 saturated heterocycles. The van der Waals surface area contributed by atoms with E-state index < -0.39 is 0 Å². The highest BCUT2D eigenvalue weighted by molar-refractivity contribution is 14.1. The second-order valence-corrected chi connectivity index (χ2v) is 7.27. The van der Waals surface area contributed by atoms with Gasteiger partial charge in [-0.3, -0.25) is 4.79 Å². The Bertz CT molecular complexity index is 595. The number of hydrogen-bond donors (Lipinski definition) is 0. The first-order valence-electron chi connectivity index (χ1n) is 6.29. The Morgan fingerprint density at radius 1 is 1.20 bits per heavy atom. The number of carbonyl (C=O) groups is 1. The predicted octanol–water partition coefficient (Wildman–Crippen LogP) is 2.11. The third-order valence-electron chi connectivity index (χ3n) is 3.22. The Morgan fingerprint density at radius 3 is 2.50 bits per heavy atom. The van der Waals surface area contributed by atoms with Crippen LogP contribution >= 0.6 is 33.9 Å². The maximum atomic E-state index is 12.3. The van der Waals surface area contributed by atoms with E-state index in [2.05, 4.69) is 37.5 Å². The lowest BCUT2D eigenvalue weighted by Gasteiger charge is -2.34. The number of thiophene rings is 1. The lowest BCUT2D eigenvalue weighted by Crippen LogP contribution is -2.49. The Balaban J connectivity index is 1.63. The average Bonchev–Trinajstić information content (AvgIpc) is 2.94. The van der Waals surface area contributed by atoms with Crippen LogP contribution in [-0.4, -0.2) is 47.0 Å². The molecule has 1 aliphatic heterocycles. The molecule has 0 N–H and O–H groups in total. The molecule has 2 aromatic heterocycles. The second-order valence-electron chi connectivity index (χ2n) is 4.47. The predicted molar refractivity (Wildman–Crippen MR) is 87.2 cm³/mol. The zero-order valence-corrected chi connectivity index (χ0v) is 13.7. The van der Waals surface area contributed by atoms with Gasteiger partial charge in [0.1, 0.15) is 0 Å². The summed E-state index contributed by atoms with van der Waals surface area (Å²) in [6.07, 6.45) is 3.49. The maximum absolute atomic E-state index is 12.3. The van der Waals surface area contributed by atoms with Crippen molar-refractivity contribution >= 4 is 45.8 Å². The van der Waals surface area contributed by atoms with Crippen LogP contribution in [0.1, 0.15) is 10.4 Å². The zero-order chi connectivity index (χ0) is 13.9. The summed E-state index contributed by atoms with van der Waals surface area (Å²) in [6.45, 7) is 2.97. The fourth-order valence-electron chi connectivity index (χ4n) is 2.17. The van der Waals surface area contributed by atoms with E-state index in [0.29, 0.717) is 13.1 Å². The molecule has 1 fully saturated rings. The minimum atomic E-state index is 0.123. The fraction of sp³-hybridized carbons (Fsp3) is 0.308. The SMILES string of the molecule is O=C(c1csc(I)c1)N1CCN(c2ncccn2)CC1. The number of halogens is 1. The third-order valence-corrected chi connectivity index (χ3v) is 5.01. The van der Waals surface area contributed by atoms with Crippen molar-refractivity contribution in [1.82, 2.24) is 14.9 Å². The molecule has 1 amide bonds. The Hall–Kier alpha value is -1.22. The molecule has 7 heteroatoms. The van der Waals surface area contributed by atoms with E-state index in [1.165, 1.54) is 0 Å². The Morgan fingerprint density at radius 2 is 1.90 bits per heavy atom. The number of rotatable bonds is 2. The summed E-state index contributed by atoms with van der Waals surface area (Å²) in [5.41, 5.74) is 0.795. The van der Waals surface area contributed by atoms with Crippen LogP contribution in [0.2, 0.25) is 0 Å². The smallest absolute Gasteiger partial charge is 0.254 e. The van der Waals surface area contributed by atoms with Crippen LogP contribution in [0.25, 0.3) is 0 Å². The highest BCUT2D eigenvalue weighted by Crippen LogP contribution is 2.19. The number of piperazine rings is 1. The molecule has 2 aromatic rings. The van der Waals surface area contributed by atoms with E-state index in [9.17, 15) is 4.79 Å². The average molecular weight is 400 g/mol. The topological polar surface area (TPSA) is 49.3 Å². The highest BCUT2D eigenvalue weighted by Gasteiger charge is 2.23. The summed E-state index contributed by atoms with van der Waals surface area (Å²) >= 11 is 3.84. The molecule has 0 saturated carbocycles. The molecule has 20 heavy (non-hydrogen) atoms. The van der Waals surface area contributed by atoms with Gasteiger partial charge in [0.2, 0.25) is 5.95 Å². The van der Waals surface area contributed by atoms with Gasteiger partial charge in [0, 0.05) is 44.0 Å². The van der Waals surface area contributed by atoms with Crippen LogP contribution in [0.5, 0.6) is 0 Å². The lowest BCUT2D eigenvalue weighted by molar-refractivity contribution is 0.0746. The molecule has 3 rings (SSSR count). The second kappa shape index (κ2) is 6.04. The molecular weight excluding hydrogens is 387 g/mol. The summed E-state index contributed by atoms with van der Waals surface area (Å²) in [4.78, 5) is 24.8. The van der Waals surface area contributed by atoms with Gasteiger partial charge >= 0.3 is 0 Å². The van der Waals surface area contributed by atoms with Gasteiger partial charge in [-0.2, -0.15) is 0 Å². The number of nitrogens with zero attached hydrogens (tertiary/aromatic N) is 4. The third kappa shape index (κ3) is 2.93. The van der Waals surface area contributed by atoms with Crippen molar-refractivity contribution in [2.75, 3.05) is 31.1 Å². The molecule has 104 valence electrons. The summed E-state index contributed by atoms with van der Waals surface area (Å²) in [6, 6.07) is 3.75. The molecule has 0 spiro atoms. The van der Waals surface area contributed by atoms with E-state index in [0.717, 1.165) is 27.5 Å². The minimum absolute atomic E-state index is 0.123. The maximum Gasteiger partial charge on any atom is 0.254 e. The highest BCUT2D eigenvalue weighted by atomic mass is 127. The number of carbonyl (C=O) groups excluding carboxylic acids is 1. The van der Waals surface area contributed by atoms with Crippen molar-refractivity contribution in [3.8, 4) is 0 Å². The van der Waals surface area contributed by atoms with Gasteiger partial charge in [0.05, 0.1) is 8.45 Å². The van der Waals surface area contributed by atoms with Crippen LogP contribution in [0, 0.1) is 2.88 Å². The van der Waals surface area contributed by atoms with E-state index in [-0.39, 0.29) is 5.91 Å². The van der Waals surface area contributed by atoms with E-state index in [1.54, 1.807) is 23.7 Å². The lowest BCUT2D eigenvalue weighted by atomic mass is 10.2. The summed E-state index contributed by atoms with van der Waals surface area (Å²) in [7, 11) is 0. The normalized spacial score (nSPS) is 15.4. The van der Waals surface area contributed by atoms with Gasteiger partial charge in [0.15, 0.2) is 0 Å². The molecule has 1 aliphatic rings. The Kier molecular flexibility index (Phi) is 4.16. The van der Waals surface area contributed by atoms with Crippen LogP contribution in [0.3, 0.4) is 0 Å². The van der Waals surface area contributed by atoms with Gasteiger partial charge in [-0.05, 0) is 34.7 Å².